The normalized spacial score (nSPS) is 13.5. The molecule has 1 aliphatic heterocycles. The van der Waals surface area contributed by atoms with Crippen molar-refractivity contribution in [2.45, 2.75) is 0 Å². The second-order valence-electron chi connectivity index (χ2n) is 4.73. The largest absolute Gasteiger partial charge is 0.272 e. The highest BCUT2D eigenvalue weighted by Crippen LogP contribution is 2.19. The molecule has 1 N–H and O–H groups in total. The van der Waals surface area contributed by atoms with E-state index in [1.54, 1.807) is 12.1 Å². The Morgan fingerprint density at radius 2 is 1.32 bits per heavy atom. The van der Waals surface area contributed by atoms with E-state index in [1.807, 2.05) is 42.5 Å². The van der Waals surface area contributed by atoms with E-state index in [0.717, 1.165) is 23.3 Å². The van der Waals surface area contributed by atoms with Crippen LogP contribution in [0.4, 0.5) is 0 Å². The first-order chi connectivity index (χ1) is 10.6. The monoisotopic (exact) mass is 292 g/mol. The lowest BCUT2D eigenvalue weighted by atomic mass is 10.0. The van der Waals surface area contributed by atoms with Crippen molar-refractivity contribution < 1.29 is 14.4 Å². The molecule has 0 atom stereocenters. The molecule has 0 aliphatic carbocycles. The number of rotatable bonds is 3. The van der Waals surface area contributed by atoms with Crippen molar-refractivity contribution in [2.24, 2.45) is 0 Å². The Kier molecular flexibility index (Phi) is 3.53. The second kappa shape index (κ2) is 5.65. The van der Waals surface area contributed by atoms with Crippen LogP contribution in [0.1, 0.15) is 10.4 Å². The maximum Gasteiger partial charge on any atom is 0.272 e. The summed E-state index contributed by atoms with van der Waals surface area (Å²) in [5.41, 5.74) is 4.68. The highest BCUT2D eigenvalue weighted by Gasteiger charge is 2.25. The molecule has 3 rings (SSSR count). The van der Waals surface area contributed by atoms with E-state index in [1.165, 1.54) is 0 Å². The van der Waals surface area contributed by atoms with Crippen LogP contribution in [-0.4, -0.2) is 22.7 Å². The number of carbonyl (C=O) groups excluding carboxylic acids is 3. The van der Waals surface area contributed by atoms with E-state index in [4.69, 9.17) is 0 Å². The highest BCUT2D eigenvalue weighted by molar-refractivity contribution is 6.14. The van der Waals surface area contributed by atoms with Gasteiger partial charge < -0.3 is 0 Å². The summed E-state index contributed by atoms with van der Waals surface area (Å²) in [6, 6.07) is 16.7. The Balaban J connectivity index is 1.74. The third-order valence-corrected chi connectivity index (χ3v) is 3.28. The molecule has 0 saturated carbocycles. The van der Waals surface area contributed by atoms with Gasteiger partial charge in [-0.25, -0.2) is 0 Å². The Morgan fingerprint density at radius 3 is 1.91 bits per heavy atom. The average Bonchev–Trinajstić information content (AvgIpc) is 2.88. The van der Waals surface area contributed by atoms with Gasteiger partial charge in [-0.3, -0.25) is 19.8 Å². The van der Waals surface area contributed by atoms with Gasteiger partial charge in [0.1, 0.15) is 0 Å². The fourth-order valence-electron chi connectivity index (χ4n) is 2.12. The summed E-state index contributed by atoms with van der Waals surface area (Å²) in [7, 11) is 0. The summed E-state index contributed by atoms with van der Waals surface area (Å²) in [5, 5.41) is 0.688. The Hall–Kier alpha value is -3.21. The molecule has 3 amide bonds. The summed E-state index contributed by atoms with van der Waals surface area (Å²) in [6.45, 7) is 0. The quantitative estimate of drug-likeness (QED) is 0.879. The summed E-state index contributed by atoms with van der Waals surface area (Å²) in [6.07, 6.45) is 2.22. The van der Waals surface area contributed by atoms with Crippen molar-refractivity contribution in [1.82, 2.24) is 10.4 Å². The van der Waals surface area contributed by atoms with Crippen LogP contribution in [0.25, 0.3) is 11.1 Å². The van der Waals surface area contributed by atoms with Crippen LogP contribution < -0.4 is 5.43 Å². The van der Waals surface area contributed by atoms with Crippen LogP contribution in [0.3, 0.4) is 0 Å². The lowest BCUT2D eigenvalue weighted by molar-refractivity contribution is -0.139. The summed E-state index contributed by atoms with van der Waals surface area (Å²) >= 11 is 0. The summed E-state index contributed by atoms with van der Waals surface area (Å²) < 4.78 is 0. The number of benzene rings is 2. The van der Waals surface area contributed by atoms with E-state index in [9.17, 15) is 14.4 Å². The molecule has 1 heterocycles. The molecule has 108 valence electrons. The Labute approximate surface area is 126 Å². The van der Waals surface area contributed by atoms with Crippen LogP contribution in [0.2, 0.25) is 0 Å². The van der Waals surface area contributed by atoms with Gasteiger partial charge in [-0.1, -0.05) is 42.5 Å². The maximum atomic E-state index is 12.1. The Morgan fingerprint density at radius 1 is 0.773 bits per heavy atom. The molecule has 0 fully saturated rings. The van der Waals surface area contributed by atoms with Crippen LogP contribution in [0.5, 0.6) is 0 Å². The lowest BCUT2D eigenvalue weighted by Gasteiger charge is -2.14. The zero-order chi connectivity index (χ0) is 15.5. The number of imide groups is 1. The molecule has 5 heteroatoms. The first-order valence-electron chi connectivity index (χ1n) is 6.68. The summed E-state index contributed by atoms with van der Waals surface area (Å²) in [5.74, 6) is -1.62. The molecule has 0 aromatic heterocycles. The van der Waals surface area contributed by atoms with Crippen LogP contribution in [0.15, 0.2) is 66.7 Å². The third kappa shape index (κ3) is 2.64. The molecule has 1 aliphatic rings. The van der Waals surface area contributed by atoms with Crippen LogP contribution >= 0.6 is 0 Å². The topological polar surface area (TPSA) is 66.5 Å². The van der Waals surface area contributed by atoms with Gasteiger partial charge in [-0.05, 0) is 23.3 Å². The molecular formula is C17H12N2O3. The first-order valence-corrected chi connectivity index (χ1v) is 6.68. The van der Waals surface area contributed by atoms with Gasteiger partial charge in [0.05, 0.1) is 0 Å². The minimum atomic E-state index is -0.556. The predicted molar refractivity (Wildman–Crippen MR) is 80.3 cm³/mol. The van der Waals surface area contributed by atoms with Gasteiger partial charge >= 0.3 is 0 Å². The van der Waals surface area contributed by atoms with Gasteiger partial charge in [-0.15, -0.1) is 0 Å². The van der Waals surface area contributed by atoms with Crippen molar-refractivity contribution in [3.63, 3.8) is 0 Å². The number of amides is 3. The number of hydrazine groups is 1. The van der Waals surface area contributed by atoms with Crippen molar-refractivity contribution >= 4 is 17.7 Å². The van der Waals surface area contributed by atoms with Gasteiger partial charge in [0.2, 0.25) is 0 Å². The molecular weight excluding hydrogens is 280 g/mol. The number of nitrogens with zero attached hydrogens (tertiary/aromatic N) is 1. The molecule has 0 spiro atoms. The van der Waals surface area contributed by atoms with E-state index in [0.29, 0.717) is 10.6 Å². The van der Waals surface area contributed by atoms with Crippen LogP contribution in [-0.2, 0) is 9.59 Å². The zero-order valence-electron chi connectivity index (χ0n) is 11.5. The molecule has 2 aromatic rings. The fourth-order valence-corrected chi connectivity index (χ4v) is 2.12. The van der Waals surface area contributed by atoms with Gasteiger partial charge in [-0.2, -0.15) is 5.01 Å². The molecule has 5 nitrogen and oxygen atoms in total. The minimum Gasteiger partial charge on any atom is -0.267 e. The minimum absolute atomic E-state index is 0.368. The third-order valence-electron chi connectivity index (χ3n) is 3.28. The van der Waals surface area contributed by atoms with E-state index >= 15 is 0 Å². The first kappa shape index (κ1) is 13.8. The maximum absolute atomic E-state index is 12.1. The molecule has 0 bridgehead atoms. The molecule has 0 unspecified atom stereocenters. The van der Waals surface area contributed by atoms with Crippen molar-refractivity contribution in [2.75, 3.05) is 0 Å². The van der Waals surface area contributed by atoms with E-state index < -0.39 is 17.7 Å². The van der Waals surface area contributed by atoms with Crippen molar-refractivity contribution in [1.29, 1.82) is 0 Å². The Bertz CT molecular complexity index is 746. The van der Waals surface area contributed by atoms with Crippen molar-refractivity contribution in [3.05, 3.63) is 72.3 Å². The van der Waals surface area contributed by atoms with Gasteiger partial charge in [0, 0.05) is 17.7 Å². The molecule has 2 aromatic carbocycles. The van der Waals surface area contributed by atoms with Crippen LogP contribution in [0, 0.1) is 0 Å². The lowest BCUT2D eigenvalue weighted by Crippen LogP contribution is -2.45. The predicted octanol–water partition coefficient (Wildman–Crippen LogP) is 1.92. The number of carbonyl (C=O) groups is 3. The van der Waals surface area contributed by atoms with Crippen molar-refractivity contribution in [3.8, 4) is 11.1 Å². The standard InChI is InChI=1S/C17H12N2O3/c20-15-10-11-16(21)19(15)18-17(22)14-8-6-13(7-9-14)12-4-2-1-3-5-12/h1-11H,(H,18,22). The SMILES string of the molecule is O=C(NN1C(=O)C=CC1=O)c1ccc(-c2ccccc2)cc1. The second-order valence-corrected chi connectivity index (χ2v) is 4.73. The average molecular weight is 292 g/mol. The van der Waals surface area contributed by atoms with E-state index in [2.05, 4.69) is 5.43 Å². The fraction of sp³-hybridized carbons (Fsp3) is 0. The number of nitrogens with one attached hydrogen (secondary N) is 1. The number of hydrogen-bond donors (Lipinski definition) is 1. The molecule has 0 radical (unpaired) electrons. The molecule has 22 heavy (non-hydrogen) atoms. The molecule has 0 saturated heterocycles. The van der Waals surface area contributed by atoms with E-state index in [-0.39, 0.29) is 0 Å². The highest BCUT2D eigenvalue weighted by atomic mass is 16.2. The summed E-state index contributed by atoms with van der Waals surface area (Å²) in [4.78, 5) is 34.8. The van der Waals surface area contributed by atoms with Gasteiger partial charge in [0.15, 0.2) is 0 Å². The number of hydrogen-bond acceptors (Lipinski definition) is 3. The smallest absolute Gasteiger partial charge is 0.267 e. The zero-order valence-corrected chi connectivity index (χ0v) is 11.5. The van der Waals surface area contributed by atoms with Gasteiger partial charge in [0.25, 0.3) is 17.7 Å².